The number of nitrogens with zero attached hydrogens (tertiary/aromatic N) is 2. The van der Waals surface area contributed by atoms with Crippen LogP contribution in [0, 0.1) is 5.92 Å². The molecule has 12 heavy (non-hydrogen) atoms. The van der Waals surface area contributed by atoms with Crippen LogP contribution in [0.4, 0.5) is 0 Å². The van der Waals surface area contributed by atoms with Gasteiger partial charge in [0.2, 0.25) is 0 Å². The summed E-state index contributed by atoms with van der Waals surface area (Å²) >= 11 is 0. The predicted molar refractivity (Wildman–Crippen MR) is 51.7 cm³/mol. The Hall–Kier alpha value is -0.120. The first kappa shape index (κ1) is 9.96. The zero-order valence-corrected chi connectivity index (χ0v) is 8.29. The molecule has 0 aromatic carbocycles. The van der Waals surface area contributed by atoms with Crippen molar-refractivity contribution in [1.29, 1.82) is 0 Å². The topological polar surface area (TPSA) is 32.5 Å². The lowest BCUT2D eigenvalue weighted by Crippen LogP contribution is -2.42. The summed E-state index contributed by atoms with van der Waals surface area (Å²) in [7, 11) is 4.23. The predicted octanol–water partition coefficient (Wildman–Crippen LogP) is 0.524. The first-order chi connectivity index (χ1) is 5.74. The van der Waals surface area contributed by atoms with Crippen molar-refractivity contribution >= 4 is 0 Å². The summed E-state index contributed by atoms with van der Waals surface area (Å²) < 4.78 is 0. The second-order valence-corrected chi connectivity index (χ2v) is 3.82. The Bertz CT molecular complexity index is 117. The van der Waals surface area contributed by atoms with Gasteiger partial charge in [0.25, 0.3) is 0 Å². The third-order valence-corrected chi connectivity index (χ3v) is 2.73. The van der Waals surface area contributed by atoms with Crippen LogP contribution in [-0.4, -0.2) is 43.7 Å². The summed E-state index contributed by atoms with van der Waals surface area (Å²) in [6.45, 7) is 3.27. The molecule has 1 rings (SSSR count). The highest BCUT2D eigenvalue weighted by atomic mass is 15.6. The van der Waals surface area contributed by atoms with Gasteiger partial charge in [-0.15, -0.1) is 0 Å². The van der Waals surface area contributed by atoms with Gasteiger partial charge in [-0.1, -0.05) is 0 Å². The fourth-order valence-electron chi connectivity index (χ4n) is 1.84. The molecular formula is C9H21N3. The molecule has 1 aliphatic rings. The van der Waals surface area contributed by atoms with Crippen LogP contribution in [0.15, 0.2) is 0 Å². The molecule has 0 atom stereocenters. The van der Waals surface area contributed by atoms with Crippen LogP contribution in [0.25, 0.3) is 0 Å². The Morgan fingerprint density at radius 3 is 2.33 bits per heavy atom. The highest BCUT2D eigenvalue weighted by Crippen LogP contribution is 2.19. The average molecular weight is 171 g/mol. The highest BCUT2D eigenvalue weighted by molar-refractivity contribution is 4.70. The molecule has 1 heterocycles. The van der Waals surface area contributed by atoms with Crippen molar-refractivity contribution < 1.29 is 0 Å². The summed E-state index contributed by atoms with van der Waals surface area (Å²) in [5, 5.41) is 4.59. The zero-order valence-electron chi connectivity index (χ0n) is 8.29. The van der Waals surface area contributed by atoms with Gasteiger partial charge in [0, 0.05) is 27.2 Å². The van der Waals surface area contributed by atoms with Gasteiger partial charge in [0.05, 0.1) is 0 Å². The van der Waals surface area contributed by atoms with Crippen LogP contribution in [0.1, 0.15) is 19.3 Å². The number of rotatable bonds is 3. The number of hydrogen-bond acceptors (Lipinski definition) is 3. The Balaban J connectivity index is 2.20. The maximum Gasteiger partial charge on any atom is 0.0135 e. The minimum atomic E-state index is 0.854. The lowest BCUT2D eigenvalue weighted by atomic mass is 9.94. The van der Waals surface area contributed by atoms with E-state index in [2.05, 4.69) is 24.1 Å². The van der Waals surface area contributed by atoms with E-state index in [1.54, 1.807) is 0 Å². The molecule has 1 fully saturated rings. The number of nitrogens with two attached hydrogens (primary N) is 1. The quantitative estimate of drug-likeness (QED) is 0.672. The van der Waals surface area contributed by atoms with E-state index >= 15 is 0 Å². The highest BCUT2D eigenvalue weighted by Gasteiger charge is 2.19. The molecule has 2 N–H and O–H groups in total. The van der Waals surface area contributed by atoms with Crippen molar-refractivity contribution in [3.8, 4) is 0 Å². The second-order valence-electron chi connectivity index (χ2n) is 3.82. The van der Waals surface area contributed by atoms with Crippen LogP contribution in [0.2, 0.25) is 0 Å². The van der Waals surface area contributed by atoms with Crippen LogP contribution >= 0.6 is 0 Å². The summed E-state index contributed by atoms with van der Waals surface area (Å²) in [6, 6.07) is 0. The van der Waals surface area contributed by atoms with Crippen molar-refractivity contribution in [3.63, 3.8) is 0 Å². The SMILES string of the molecule is CN(C)N1CCC(CCN)CC1. The third kappa shape index (κ3) is 2.73. The molecule has 0 amide bonds. The first-order valence-electron chi connectivity index (χ1n) is 4.86. The molecule has 0 unspecified atom stereocenters. The normalized spacial score (nSPS) is 22.0. The molecule has 0 aliphatic carbocycles. The minimum Gasteiger partial charge on any atom is -0.330 e. The molecule has 0 aromatic heterocycles. The molecule has 3 heteroatoms. The molecule has 1 aliphatic heterocycles. The Labute approximate surface area is 75.5 Å². The second kappa shape index (κ2) is 4.80. The fourth-order valence-corrected chi connectivity index (χ4v) is 1.84. The van der Waals surface area contributed by atoms with E-state index in [-0.39, 0.29) is 0 Å². The number of hydrogen-bond donors (Lipinski definition) is 1. The van der Waals surface area contributed by atoms with Crippen LogP contribution < -0.4 is 5.73 Å². The Kier molecular flexibility index (Phi) is 3.98. The van der Waals surface area contributed by atoms with E-state index < -0.39 is 0 Å². The van der Waals surface area contributed by atoms with Crippen LogP contribution in [0.3, 0.4) is 0 Å². The Morgan fingerprint density at radius 1 is 1.33 bits per heavy atom. The molecule has 0 bridgehead atoms. The molecule has 1 saturated heterocycles. The maximum absolute atomic E-state index is 5.53. The van der Waals surface area contributed by atoms with Gasteiger partial charge in [-0.2, -0.15) is 0 Å². The van der Waals surface area contributed by atoms with E-state index in [0.717, 1.165) is 12.5 Å². The van der Waals surface area contributed by atoms with Gasteiger partial charge in [-0.3, -0.25) is 0 Å². The lowest BCUT2D eigenvalue weighted by Gasteiger charge is -2.35. The van der Waals surface area contributed by atoms with Crippen molar-refractivity contribution in [3.05, 3.63) is 0 Å². The zero-order chi connectivity index (χ0) is 8.97. The number of hydrazine groups is 1. The standard InChI is InChI=1S/C9H21N3/c1-11(2)12-7-4-9(3-6-10)5-8-12/h9H,3-8,10H2,1-2H3. The maximum atomic E-state index is 5.53. The van der Waals surface area contributed by atoms with E-state index in [4.69, 9.17) is 5.73 Å². The van der Waals surface area contributed by atoms with E-state index in [0.29, 0.717) is 0 Å². The molecular weight excluding hydrogens is 150 g/mol. The van der Waals surface area contributed by atoms with Crippen LogP contribution in [0.5, 0.6) is 0 Å². The van der Waals surface area contributed by atoms with Crippen LogP contribution in [-0.2, 0) is 0 Å². The van der Waals surface area contributed by atoms with Crippen molar-refractivity contribution in [2.75, 3.05) is 33.7 Å². The first-order valence-corrected chi connectivity index (χ1v) is 4.86. The van der Waals surface area contributed by atoms with Gasteiger partial charge in [-0.25, -0.2) is 10.0 Å². The summed E-state index contributed by atoms with van der Waals surface area (Å²) in [5.41, 5.74) is 5.53. The van der Waals surface area contributed by atoms with Gasteiger partial charge in [0.15, 0.2) is 0 Å². The smallest absolute Gasteiger partial charge is 0.0135 e. The van der Waals surface area contributed by atoms with E-state index in [1.807, 2.05) is 0 Å². The van der Waals surface area contributed by atoms with E-state index in [1.165, 1.54) is 32.4 Å². The van der Waals surface area contributed by atoms with Crippen molar-refractivity contribution in [2.45, 2.75) is 19.3 Å². The molecule has 0 radical (unpaired) electrons. The van der Waals surface area contributed by atoms with Gasteiger partial charge in [-0.05, 0) is 31.7 Å². The van der Waals surface area contributed by atoms with Gasteiger partial charge in [0.1, 0.15) is 0 Å². The molecule has 72 valence electrons. The molecule has 0 aromatic rings. The summed E-state index contributed by atoms with van der Waals surface area (Å²) in [4.78, 5) is 0. The Morgan fingerprint density at radius 2 is 1.92 bits per heavy atom. The largest absolute Gasteiger partial charge is 0.330 e. The molecule has 0 saturated carbocycles. The van der Waals surface area contributed by atoms with Gasteiger partial charge < -0.3 is 5.73 Å². The summed E-state index contributed by atoms with van der Waals surface area (Å²) in [5.74, 6) is 0.881. The lowest BCUT2D eigenvalue weighted by molar-refractivity contribution is -0.00706. The molecule has 0 spiro atoms. The van der Waals surface area contributed by atoms with E-state index in [9.17, 15) is 0 Å². The van der Waals surface area contributed by atoms with Gasteiger partial charge >= 0.3 is 0 Å². The minimum absolute atomic E-state index is 0.854. The average Bonchev–Trinajstić information content (AvgIpc) is 2.06. The van der Waals surface area contributed by atoms with Crippen molar-refractivity contribution in [1.82, 2.24) is 10.0 Å². The third-order valence-electron chi connectivity index (χ3n) is 2.73. The monoisotopic (exact) mass is 171 g/mol. The summed E-state index contributed by atoms with van der Waals surface area (Å²) in [6.07, 6.45) is 3.84. The van der Waals surface area contributed by atoms with Crippen molar-refractivity contribution in [2.24, 2.45) is 11.7 Å². The number of piperidine rings is 1. The fraction of sp³-hybridized carbons (Fsp3) is 1.00. The molecule has 3 nitrogen and oxygen atoms in total.